The number of nitrogens with one attached hydrogen (secondary N) is 1. The molecule has 6 nitrogen and oxygen atoms in total. The van der Waals surface area contributed by atoms with Crippen molar-refractivity contribution >= 4 is 17.8 Å². The first kappa shape index (κ1) is 17.7. The second-order valence-corrected chi connectivity index (χ2v) is 4.77. The van der Waals surface area contributed by atoms with E-state index in [-0.39, 0.29) is 18.3 Å². The van der Waals surface area contributed by atoms with Crippen LogP contribution < -0.4 is 5.48 Å². The highest BCUT2D eigenvalue weighted by Crippen LogP contribution is 2.06. The van der Waals surface area contributed by atoms with Crippen molar-refractivity contribution in [1.82, 2.24) is 5.48 Å². The number of rotatable bonds is 8. The molecule has 22 heavy (non-hydrogen) atoms. The van der Waals surface area contributed by atoms with Crippen molar-refractivity contribution in [3.8, 4) is 0 Å². The summed E-state index contributed by atoms with van der Waals surface area (Å²) in [6.45, 7) is 0. The minimum absolute atomic E-state index is 0.217. The number of carbonyl (C=O) groups excluding carboxylic acids is 3. The van der Waals surface area contributed by atoms with Crippen LogP contribution in [0.25, 0.3) is 0 Å². The highest BCUT2D eigenvalue weighted by atomic mass is 16.7. The van der Waals surface area contributed by atoms with Gasteiger partial charge in [0, 0.05) is 12.8 Å². The Balaban J connectivity index is 2.07. The molecule has 0 spiro atoms. The molecule has 0 atom stereocenters. The van der Waals surface area contributed by atoms with Gasteiger partial charge in [-0.15, -0.1) is 0 Å². The maximum absolute atomic E-state index is 11.6. The summed E-state index contributed by atoms with van der Waals surface area (Å²) in [5, 5.41) is 0. The fourth-order valence-electron chi connectivity index (χ4n) is 1.80. The van der Waals surface area contributed by atoms with Gasteiger partial charge < -0.3 is 9.57 Å². The van der Waals surface area contributed by atoms with Crippen molar-refractivity contribution < 1.29 is 24.0 Å². The van der Waals surface area contributed by atoms with Crippen molar-refractivity contribution in [2.45, 2.75) is 38.5 Å². The molecule has 1 rings (SSSR count). The van der Waals surface area contributed by atoms with Crippen LogP contribution in [0.5, 0.6) is 0 Å². The average molecular weight is 307 g/mol. The first-order chi connectivity index (χ1) is 10.6. The Morgan fingerprint density at radius 1 is 0.955 bits per heavy atom. The molecule has 0 radical (unpaired) electrons. The van der Waals surface area contributed by atoms with Crippen LogP contribution in [0.1, 0.15) is 48.9 Å². The summed E-state index contributed by atoms with van der Waals surface area (Å²) in [4.78, 5) is 38.7. The van der Waals surface area contributed by atoms with Gasteiger partial charge in [0.1, 0.15) is 0 Å². The van der Waals surface area contributed by atoms with E-state index in [1.54, 1.807) is 30.3 Å². The van der Waals surface area contributed by atoms with Crippen LogP contribution in [0.15, 0.2) is 30.3 Å². The van der Waals surface area contributed by atoms with E-state index in [9.17, 15) is 14.4 Å². The lowest BCUT2D eigenvalue weighted by atomic mass is 10.1. The van der Waals surface area contributed by atoms with Gasteiger partial charge in [0.15, 0.2) is 0 Å². The molecule has 0 heterocycles. The van der Waals surface area contributed by atoms with E-state index in [0.717, 1.165) is 19.3 Å². The fraction of sp³-hybridized carbons (Fsp3) is 0.438. The van der Waals surface area contributed by atoms with E-state index in [2.05, 4.69) is 10.2 Å². The first-order valence-corrected chi connectivity index (χ1v) is 7.25. The monoisotopic (exact) mass is 307 g/mol. The SMILES string of the molecule is COC(=O)CCCCCCC(=O)NOC(=O)c1ccccc1. The minimum atomic E-state index is -0.591. The van der Waals surface area contributed by atoms with Gasteiger partial charge in [-0.1, -0.05) is 31.0 Å². The maximum atomic E-state index is 11.6. The number of carbonyl (C=O) groups is 3. The molecule has 0 saturated carbocycles. The van der Waals surface area contributed by atoms with Gasteiger partial charge in [-0.2, -0.15) is 5.48 Å². The topological polar surface area (TPSA) is 81.7 Å². The number of hydroxylamine groups is 1. The van der Waals surface area contributed by atoms with Crippen molar-refractivity contribution in [3.63, 3.8) is 0 Å². The molecule has 120 valence electrons. The molecule has 0 fully saturated rings. The van der Waals surface area contributed by atoms with Crippen LogP contribution in [-0.4, -0.2) is 25.0 Å². The Bertz CT molecular complexity index is 487. The lowest BCUT2D eigenvalue weighted by Gasteiger charge is -2.05. The molecule has 0 saturated heterocycles. The summed E-state index contributed by atoms with van der Waals surface area (Å²) >= 11 is 0. The number of amides is 1. The highest BCUT2D eigenvalue weighted by Gasteiger charge is 2.09. The number of ether oxygens (including phenoxy) is 1. The summed E-state index contributed by atoms with van der Waals surface area (Å²) in [6.07, 6.45) is 3.79. The number of hydrogen-bond donors (Lipinski definition) is 1. The standard InChI is InChI=1S/C16H21NO5/c1-21-15(19)12-8-3-2-7-11-14(18)17-22-16(20)13-9-5-4-6-10-13/h4-6,9-10H,2-3,7-8,11-12H2,1H3,(H,17,18). The fourth-order valence-corrected chi connectivity index (χ4v) is 1.80. The van der Waals surface area contributed by atoms with Gasteiger partial charge >= 0.3 is 11.9 Å². The van der Waals surface area contributed by atoms with Gasteiger partial charge in [0.05, 0.1) is 12.7 Å². The van der Waals surface area contributed by atoms with E-state index in [1.807, 2.05) is 0 Å². The molecule has 1 aromatic rings. The number of hydrogen-bond acceptors (Lipinski definition) is 5. The van der Waals surface area contributed by atoms with Crippen molar-refractivity contribution in [3.05, 3.63) is 35.9 Å². The van der Waals surface area contributed by atoms with E-state index in [0.29, 0.717) is 18.4 Å². The lowest BCUT2D eigenvalue weighted by Crippen LogP contribution is -2.26. The summed E-state index contributed by atoms with van der Waals surface area (Å²) < 4.78 is 4.53. The Morgan fingerprint density at radius 2 is 1.59 bits per heavy atom. The predicted octanol–water partition coefficient (Wildman–Crippen LogP) is 2.39. The highest BCUT2D eigenvalue weighted by molar-refractivity contribution is 5.90. The third-order valence-corrected chi connectivity index (χ3v) is 3.03. The van der Waals surface area contributed by atoms with Crippen LogP contribution in [0.4, 0.5) is 0 Å². The molecule has 6 heteroatoms. The zero-order chi connectivity index (χ0) is 16.2. The molecule has 1 N–H and O–H groups in total. The number of benzene rings is 1. The Hall–Kier alpha value is -2.37. The van der Waals surface area contributed by atoms with Gasteiger partial charge in [0.2, 0.25) is 0 Å². The third kappa shape index (κ3) is 7.42. The molecule has 0 aliphatic rings. The molecule has 0 aromatic heterocycles. The number of unbranched alkanes of at least 4 members (excludes halogenated alkanes) is 3. The zero-order valence-electron chi connectivity index (χ0n) is 12.7. The molecular formula is C16H21NO5. The van der Waals surface area contributed by atoms with Crippen molar-refractivity contribution in [2.24, 2.45) is 0 Å². The van der Waals surface area contributed by atoms with Crippen LogP contribution >= 0.6 is 0 Å². The summed E-state index contributed by atoms with van der Waals surface area (Å²) in [7, 11) is 1.36. The zero-order valence-corrected chi connectivity index (χ0v) is 12.7. The molecule has 0 aliphatic heterocycles. The third-order valence-electron chi connectivity index (χ3n) is 3.03. The van der Waals surface area contributed by atoms with Gasteiger partial charge in [-0.25, -0.2) is 4.79 Å². The van der Waals surface area contributed by atoms with Crippen LogP contribution in [0.2, 0.25) is 0 Å². The average Bonchev–Trinajstić information content (AvgIpc) is 2.56. The van der Waals surface area contributed by atoms with Crippen LogP contribution in [0, 0.1) is 0 Å². The van der Waals surface area contributed by atoms with Crippen molar-refractivity contribution in [1.29, 1.82) is 0 Å². The Labute approximate surface area is 129 Å². The molecule has 0 unspecified atom stereocenters. The summed E-state index contributed by atoms with van der Waals surface area (Å²) in [6, 6.07) is 8.43. The van der Waals surface area contributed by atoms with Crippen LogP contribution in [0.3, 0.4) is 0 Å². The van der Waals surface area contributed by atoms with E-state index >= 15 is 0 Å². The minimum Gasteiger partial charge on any atom is -0.469 e. The van der Waals surface area contributed by atoms with E-state index in [4.69, 9.17) is 4.84 Å². The van der Waals surface area contributed by atoms with E-state index in [1.165, 1.54) is 7.11 Å². The summed E-state index contributed by atoms with van der Waals surface area (Å²) in [5.74, 6) is -1.14. The number of esters is 1. The number of methoxy groups -OCH3 is 1. The largest absolute Gasteiger partial charge is 0.469 e. The summed E-state index contributed by atoms with van der Waals surface area (Å²) in [5.41, 5.74) is 2.52. The normalized spacial score (nSPS) is 9.86. The van der Waals surface area contributed by atoms with Crippen molar-refractivity contribution in [2.75, 3.05) is 7.11 Å². The molecule has 1 aromatic carbocycles. The lowest BCUT2D eigenvalue weighted by molar-refractivity contribution is -0.140. The molecule has 1 amide bonds. The maximum Gasteiger partial charge on any atom is 0.362 e. The second kappa shape index (κ2) is 10.4. The first-order valence-electron chi connectivity index (χ1n) is 7.25. The van der Waals surface area contributed by atoms with Crippen LogP contribution in [-0.2, 0) is 19.2 Å². The molecule has 0 aliphatic carbocycles. The van der Waals surface area contributed by atoms with Gasteiger partial charge in [0.25, 0.3) is 5.91 Å². The van der Waals surface area contributed by atoms with Gasteiger partial charge in [-0.3, -0.25) is 9.59 Å². The predicted molar refractivity (Wildman–Crippen MR) is 79.7 cm³/mol. The van der Waals surface area contributed by atoms with E-state index < -0.39 is 5.97 Å². The van der Waals surface area contributed by atoms with Gasteiger partial charge in [-0.05, 0) is 25.0 Å². The Kier molecular flexibility index (Phi) is 8.33. The smallest absolute Gasteiger partial charge is 0.362 e. The Morgan fingerprint density at radius 3 is 2.23 bits per heavy atom. The molecular weight excluding hydrogens is 286 g/mol. The quantitative estimate of drug-likeness (QED) is 0.453. The molecule has 0 bridgehead atoms. The second-order valence-electron chi connectivity index (χ2n) is 4.77.